The molecule has 0 fully saturated rings. The first-order valence-electron chi connectivity index (χ1n) is 7.78. The van der Waals surface area contributed by atoms with Crippen molar-refractivity contribution in [1.82, 2.24) is 0 Å². The molecule has 0 atom stereocenters. The summed E-state index contributed by atoms with van der Waals surface area (Å²) in [5.41, 5.74) is 1.38. The monoisotopic (exact) mass is 349 g/mol. The van der Waals surface area contributed by atoms with Crippen LogP contribution >= 0.6 is 11.6 Å². The van der Waals surface area contributed by atoms with Crippen molar-refractivity contribution in [2.24, 2.45) is 0 Å². The van der Waals surface area contributed by atoms with Crippen LogP contribution in [-0.2, 0) is 4.79 Å². The molecule has 1 amide bonds. The Balaban J connectivity index is 1.72. The van der Waals surface area contributed by atoms with E-state index in [4.69, 9.17) is 16.3 Å². The molecule has 0 heterocycles. The highest BCUT2D eigenvalue weighted by atomic mass is 35.5. The number of amides is 1. The number of carbonyl (C=O) groups is 1. The Labute approximate surface area is 151 Å². The number of carbonyl (C=O) groups excluding carboxylic acids is 1. The van der Waals surface area contributed by atoms with Gasteiger partial charge in [-0.25, -0.2) is 0 Å². The van der Waals surface area contributed by atoms with Gasteiger partial charge in [-0.15, -0.1) is 0 Å². The maximum Gasteiger partial charge on any atom is 0.248 e. The summed E-state index contributed by atoms with van der Waals surface area (Å²) in [6.45, 7) is 0. The fraction of sp³-hybridized carbons (Fsp3) is 0. The zero-order valence-electron chi connectivity index (χ0n) is 13.4. The lowest BCUT2D eigenvalue weighted by Gasteiger charge is -2.11. The van der Waals surface area contributed by atoms with E-state index in [2.05, 4.69) is 5.32 Å². The summed E-state index contributed by atoms with van der Waals surface area (Å²) in [4.78, 5) is 12.2. The predicted molar refractivity (Wildman–Crippen MR) is 102 cm³/mol. The van der Waals surface area contributed by atoms with Gasteiger partial charge < -0.3 is 10.1 Å². The molecule has 0 aliphatic carbocycles. The Morgan fingerprint density at radius 1 is 0.880 bits per heavy atom. The van der Waals surface area contributed by atoms with Crippen LogP contribution in [0.3, 0.4) is 0 Å². The number of para-hydroxylation sites is 3. The number of hydrogen-bond donors (Lipinski definition) is 1. The molecular formula is C21H16ClNO2. The highest BCUT2D eigenvalue weighted by Gasteiger charge is 2.06. The molecule has 4 heteroatoms. The lowest BCUT2D eigenvalue weighted by Crippen LogP contribution is -2.08. The molecule has 3 rings (SSSR count). The fourth-order valence-corrected chi connectivity index (χ4v) is 2.42. The van der Waals surface area contributed by atoms with Gasteiger partial charge in [0.1, 0.15) is 5.75 Å². The summed E-state index contributed by atoms with van der Waals surface area (Å²) in [6, 6.07) is 24.0. The SMILES string of the molecule is O=C(/C=C/c1ccccc1Cl)Nc1ccccc1Oc1ccccc1. The summed E-state index contributed by atoms with van der Waals surface area (Å²) < 4.78 is 5.83. The van der Waals surface area contributed by atoms with Gasteiger partial charge in [0.25, 0.3) is 0 Å². The van der Waals surface area contributed by atoms with Gasteiger partial charge >= 0.3 is 0 Å². The predicted octanol–water partition coefficient (Wildman–Crippen LogP) is 5.78. The molecule has 1 N–H and O–H groups in total. The van der Waals surface area contributed by atoms with Crippen molar-refractivity contribution < 1.29 is 9.53 Å². The van der Waals surface area contributed by atoms with E-state index in [1.54, 1.807) is 24.3 Å². The second-order valence-electron chi connectivity index (χ2n) is 5.26. The van der Waals surface area contributed by atoms with Gasteiger partial charge in [-0.1, -0.05) is 60.1 Å². The van der Waals surface area contributed by atoms with Gasteiger partial charge in [-0.3, -0.25) is 4.79 Å². The Hall–Kier alpha value is -3.04. The second-order valence-corrected chi connectivity index (χ2v) is 5.66. The quantitative estimate of drug-likeness (QED) is 0.592. The molecule has 0 aliphatic heterocycles. The highest BCUT2D eigenvalue weighted by molar-refractivity contribution is 6.32. The van der Waals surface area contributed by atoms with E-state index in [0.29, 0.717) is 22.2 Å². The van der Waals surface area contributed by atoms with E-state index in [1.165, 1.54) is 6.08 Å². The number of halogens is 1. The third kappa shape index (κ3) is 4.72. The van der Waals surface area contributed by atoms with E-state index in [9.17, 15) is 4.79 Å². The summed E-state index contributed by atoms with van der Waals surface area (Å²) in [5, 5.41) is 3.42. The van der Waals surface area contributed by atoms with Gasteiger partial charge in [-0.05, 0) is 42.0 Å². The molecule has 25 heavy (non-hydrogen) atoms. The van der Waals surface area contributed by atoms with Crippen molar-refractivity contribution in [3.05, 3.63) is 95.5 Å². The van der Waals surface area contributed by atoms with Crippen LogP contribution < -0.4 is 10.1 Å². The minimum atomic E-state index is -0.260. The minimum Gasteiger partial charge on any atom is -0.455 e. The molecule has 0 saturated carbocycles. The van der Waals surface area contributed by atoms with Gasteiger partial charge in [0.05, 0.1) is 5.69 Å². The second kappa shape index (κ2) is 8.18. The van der Waals surface area contributed by atoms with Crippen molar-refractivity contribution in [2.75, 3.05) is 5.32 Å². The zero-order valence-corrected chi connectivity index (χ0v) is 14.1. The van der Waals surface area contributed by atoms with Crippen molar-refractivity contribution in [2.45, 2.75) is 0 Å². The minimum absolute atomic E-state index is 0.260. The van der Waals surface area contributed by atoms with Crippen molar-refractivity contribution in [3.8, 4) is 11.5 Å². The summed E-state index contributed by atoms with van der Waals surface area (Å²) in [6.07, 6.45) is 3.12. The number of rotatable bonds is 5. The third-order valence-electron chi connectivity index (χ3n) is 3.44. The first-order valence-corrected chi connectivity index (χ1v) is 8.16. The van der Waals surface area contributed by atoms with E-state index in [0.717, 1.165) is 5.56 Å². The van der Waals surface area contributed by atoms with Crippen LogP contribution in [0.1, 0.15) is 5.56 Å². The van der Waals surface area contributed by atoms with E-state index in [1.807, 2.05) is 60.7 Å². The average molecular weight is 350 g/mol. The fourth-order valence-electron chi connectivity index (χ4n) is 2.22. The molecule has 0 saturated heterocycles. The van der Waals surface area contributed by atoms with Gasteiger partial charge in [0.2, 0.25) is 5.91 Å². The van der Waals surface area contributed by atoms with E-state index in [-0.39, 0.29) is 5.91 Å². The van der Waals surface area contributed by atoms with Gasteiger partial charge in [-0.2, -0.15) is 0 Å². The van der Waals surface area contributed by atoms with Crippen molar-refractivity contribution in [1.29, 1.82) is 0 Å². The molecule has 3 nitrogen and oxygen atoms in total. The molecule has 3 aromatic carbocycles. The Kier molecular flexibility index (Phi) is 5.50. The van der Waals surface area contributed by atoms with Crippen LogP contribution in [-0.4, -0.2) is 5.91 Å². The summed E-state index contributed by atoms with van der Waals surface area (Å²) >= 11 is 6.08. The van der Waals surface area contributed by atoms with Gasteiger partial charge in [0, 0.05) is 11.1 Å². The highest BCUT2D eigenvalue weighted by Crippen LogP contribution is 2.29. The largest absolute Gasteiger partial charge is 0.455 e. The number of anilines is 1. The summed E-state index contributed by atoms with van der Waals surface area (Å²) in [7, 11) is 0. The van der Waals surface area contributed by atoms with Crippen LogP contribution in [0.4, 0.5) is 5.69 Å². The number of benzene rings is 3. The summed E-state index contributed by atoms with van der Waals surface area (Å²) in [5.74, 6) is 1.02. The maximum absolute atomic E-state index is 12.2. The topological polar surface area (TPSA) is 38.3 Å². The Morgan fingerprint density at radius 3 is 2.36 bits per heavy atom. The number of hydrogen-bond acceptors (Lipinski definition) is 2. The zero-order chi connectivity index (χ0) is 17.5. The molecule has 0 radical (unpaired) electrons. The van der Waals surface area contributed by atoms with Crippen molar-refractivity contribution >= 4 is 29.3 Å². The molecule has 0 aromatic heterocycles. The van der Waals surface area contributed by atoms with Crippen LogP contribution in [0.15, 0.2) is 84.9 Å². The Morgan fingerprint density at radius 2 is 1.56 bits per heavy atom. The molecule has 0 unspecified atom stereocenters. The first kappa shape index (κ1) is 16.8. The lowest BCUT2D eigenvalue weighted by atomic mass is 10.2. The van der Waals surface area contributed by atoms with Crippen LogP contribution in [0.2, 0.25) is 5.02 Å². The van der Waals surface area contributed by atoms with E-state index >= 15 is 0 Å². The molecule has 0 aliphatic rings. The molecule has 0 bridgehead atoms. The van der Waals surface area contributed by atoms with Crippen LogP contribution in [0.5, 0.6) is 11.5 Å². The normalized spacial score (nSPS) is 10.6. The molecular weight excluding hydrogens is 334 g/mol. The molecule has 3 aromatic rings. The molecule has 0 spiro atoms. The van der Waals surface area contributed by atoms with Crippen LogP contribution in [0, 0.1) is 0 Å². The Bertz CT molecular complexity index is 891. The van der Waals surface area contributed by atoms with Gasteiger partial charge in [0.15, 0.2) is 5.75 Å². The number of nitrogens with one attached hydrogen (secondary N) is 1. The third-order valence-corrected chi connectivity index (χ3v) is 3.78. The maximum atomic E-state index is 12.2. The number of ether oxygens (including phenoxy) is 1. The lowest BCUT2D eigenvalue weighted by molar-refractivity contribution is -0.111. The van der Waals surface area contributed by atoms with Crippen LogP contribution in [0.25, 0.3) is 6.08 Å². The standard InChI is InChI=1S/C21H16ClNO2/c22-18-11-5-4-8-16(18)14-15-21(24)23-19-12-6-7-13-20(19)25-17-9-2-1-3-10-17/h1-15H,(H,23,24)/b15-14+. The first-order chi connectivity index (χ1) is 12.2. The molecule has 124 valence electrons. The smallest absolute Gasteiger partial charge is 0.248 e. The average Bonchev–Trinajstić information content (AvgIpc) is 2.64. The van der Waals surface area contributed by atoms with E-state index < -0.39 is 0 Å². The van der Waals surface area contributed by atoms with Crippen molar-refractivity contribution in [3.63, 3.8) is 0 Å².